The van der Waals surface area contributed by atoms with Crippen LogP contribution in [-0.2, 0) is 11.3 Å². The summed E-state index contributed by atoms with van der Waals surface area (Å²) in [5.74, 6) is 2.30. The quantitative estimate of drug-likeness (QED) is 0.808. The van der Waals surface area contributed by atoms with E-state index in [4.69, 9.17) is 14.2 Å². The first-order valence-corrected chi connectivity index (χ1v) is 9.88. The number of hydrogen-bond donors (Lipinski definition) is 1. The Hall–Kier alpha value is -2.77. The van der Waals surface area contributed by atoms with Crippen LogP contribution in [0.5, 0.6) is 17.2 Å². The number of nitrogens with zero attached hydrogens (tertiary/aromatic N) is 2. The summed E-state index contributed by atoms with van der Waals surface area (Å²) in [5, 5.41) is 2.98. The van der Waals surface area contributed by atoms with Crippen LogP contribution in [0.2, 0.25) is 0 Å². The number of anilines is 1. The number of hydrogen-bond acceptors (Lipinski definition) is 6. The fourth-order valence-corrected chi connectivity index (χ4v) is 3.72. The molecule has 1 amide bonds. The zero-order valence-electron chi connectivity index (χ0n) is 16.9. The summed E-state index contributed by atoms with van der Waals surface area (Å²) in [6, 6.07) is 11.9. The lowest BCUT2D eigenvalue weighted by atomic mass is 10.1. The second-order valence-corrected chi connectivity index (χ2v) is 7.49. The third kappa shape index (κ3) is 4.81. The van der Waals surface area contributed by atoms with Crippen LogP contribution in [0.3, 0.4) is 0 Å². The van der Waals surface area contributed by atoms with Gasteiger partial charge in [0.2, 0.25) is 12.7 Å². The van der Waals surface area contributed by atoms with Crippen molar-refractivity contribution in [2.24, 2.45) is 0 Å². The number of rotatable bonds is 6. The third-order valence-corrected chi connectivity index (χ3v) is 5.30. The number of fused-ring (bicyclic) bond motifs is 1. The lowest BCUT2D eigenvalue weighted by Gasteiger charge is -2.34. The fourth-order valence-electron chi connectivity index (χ4n) is 3.72. The molecule has 0 radical (unpaired) electrons. The van der Waals surface area contributed by atoms with Crippen LogP contribution >= 0.6 is 0 Å². The van der Waals surface area contributed by atoms with Gasteiger partial charge in [0.1, 0.15) is 5.75 Å². The van der Waals surface area contributed by atoms with Crippen molar-refractivity contribution < 1.29 is 19.0 Å². The molecule has 2 aliphatic rings. The summed E-state index contributed by atoms with van der Waals surface area (Å²) in [6.07, 6.45) is 0. The Kier molecular flexibility index (Phi) is 5.87. The first kappa shape index (κ1) is 19.5. The topological polar surface area (TPSA) is 63.3 Å². The van der Waals surface area contributed by atoms with Crippen molar-refractivity contribution in [1.29, 1.82) is 0 Å². The van der Waals surface area contributed by atoms with Crippen molar-refractivity contribution in [3.63, 3.8) is 0 Å². The van der Waals surface area contributed by atoms with E-state index in [1.807, 2.05) is 31.2 Å². The molecule has 0 bridgehead atoms. The van der Waals surface area contributed by atoms with E-state index < -0.39 is 0 Å². The van der Waals surface area contributed by atoms with E-state index in [0.29, 0.717) is 19.1 Å². The summed E-state index contributed by atoms with van der Waals surface area (Å²) in [6.45, 7) is 7.13. The van der Waals surface area contributed by atoms with E-state index in [1.54, 1.807) is 7.11 Å². The number of methoxy groups -OCH3 is 1. The van der Waals surface area contributed by atoms with Gasteiger partial charge in [-0.3, -0.25) is 14.6 Å². The highest BCUT2D eigenvalue weighted by molar-refractivity contribution is 5.93. The van der Waals surface area contributed by atoms with E-state index in [1.165, 1.54) is 5.56 Å². The predicted octanol–water partition coefficient (Wildman–Crippen LogP) is 2.49. The van der Waals surface area contributed by atoms with E-state index in [-0.39, 0.29) is 5.91 Å². The van der Waals surface area contributed by atoms with Gasteiger partial charge in [-0.25, -0.2) is 0 Å². The molecule has 1 fully saturated rings. The molecule has 7 heteroatoms. The van der Waals surface area contributed by atoms with Crippen molar-refractivity contribution in [3.8, 4) is 17.2 Å². The van der Waals surface area contributed by atoms with Gasteiger partial charge in [-0.2, -0.15) is 0 Å². The predicted molar refractivity (Wildman–Crippen MR) is 111 cm³/mol. The molecule has 2 heterocycles. The summed E-state index contributed by atoms with van der Waals surface area (Å²) in [7, 11) is 1.61. The van der Waals surface area contributed by atoms with Crippen LogP contribution in [0.4, 0.5) is 5.69 Å². The standard InChI is InChI=1S/C22H27N3O4/c1-16-3-5-19(27-2)18(11-16)23-22(26)14-25-9-7-24(8-10-25)13-17-4-6-20-21(12-17)29-15-28-20/h3-6,11-12H,7-10,13-15H2,1-2H3,(H,23,26). The van der Waals surface area contributed by atoms with Crippen molar-refractivity contribution in [2.75, 3.05) is 51.9 Å². The number of nitrogens with one attached hydrogen (secondary N) is 1. The Balaban J connectivity index is 1.25. The minimum Gasteiger partial charge on any atom is -0.495 e. The second-order valence-electron chi connectivity index (χ2n) is 7.49. The Morgan fingerprint density at radius 1 is 1.03 bits per heavy atom. The van der Waals surface area contributed by atoms with E-state index in [2.05, 4.69) is 27.2 Å². The van der Waals surface area contributed by atoms with Gasteiger partial charge in [0.05, 0.1) is 19.3 Å². The molecular weight excluding hydrogens is 370 g/mol. The maximum absolute atomic E-state index is 12.5. The van der Waals surface area contributed by atoms with Gasteiger partial charge in [0.15, 0.2) is 11.5 Å². The maximum atomic E-state index is 12.5. The van der Waals surface area contributed by atoms with E-state index >= 15 is 0 Å². The van der Waals surface area contributed by atoms with Crippen LogP contribution in [0, 0.1) is 6.92 Å². The largest absolute Gasteiger partial charge is 0.495 e. The van der Waals surface area contributed by atoms with Crippen LogP contribution in [0.1, 0.15) is 11.1 Å². The molecule has 2 aromatic carbocycles. The fraction of sp³-hybridized carbons (Fsp3) is 0.409. The van der Waals surface area contributed by atoms with Gasteiger partial charge < -0.3 is 19.5 Å². The Labute approximate surface area is 171 Å². The van der Waals surface area contributed by atoms with Crippen LogP contribution in [-0.4, -0.2) is 62.3 Å². The second kappa shape index (κ2) is 8.71. The highest BCUT2D eigenvalue weighted by Crippen LogP contribution is 2.32. The Morgan fingerprint density at radius 2 is 1.79 bits per heavy atom. The lowest BCUT2D eigenvalue weighted by molar-refractivity contribution is -0.117. The molecule has 0 aliphatic carbocycles. The molecule has 154 valence electrons. The Morgan fingerprint density at radius 3 is 2.59 bits per heavy atom. The SMILES string of the molecule is COc1ccc(C)cc1NC(=O)CN1CCN(Cc2ccc3c(c2)OCO3)CC1. The molecule has 0 aromatic heterocycles. The van der Waals surface area contributed by atoms with Crippen LogP contribution in [0.15, 0.2) is 36.4 Å². The Bertz CT molecular complexity index is 878. The van der Waals surface area contributed by atoms with Gasteiger partial charge in [-0.15, -0.1) is 0 Å². The van der Waals surface area contributed by atoms with Gasteiger partial charge in [0.25, 0.3) is 0 Å². The van der Waals surface area contributed by atoms with Crippen molar-refractivity contribution >= 4 is 11.6 Å². The highest BCUT2D eigenvalue weighted by atomic mass is 16.7. The summed E-state index contributed by atoms with van der Waals surface area (Å²) >= 11 is 0. The lowest BCUT2D eigenvalue weighted by Crippen LogP contribution is -2.48. The normalized spacial score (nSPS) is 16.6. The molecule has 29 heavy (non-hydrogen) atoms. The summed E-state index contributed by atoms with van der Waals surface area (Å²) < 4.78 is 16.2. The minimum absolute atomic E-state index is 0.0156. The number of piperazine rings is 1. The monoisotopic (exact) mass is 397 g/mol. The average Bonchev–Trinajstić information content (AvgIpc) is 3.17. The van der Waals surface area contributed by atoms with E-state index in [0.717, 1.165) is 55.5 Å². The molecule has 1 N–H and O–H groups in total. The molecule has 1 saturated heterocycles. The smallest absolute Gasteiger partial charge is 0.238 e. The molecule has 7 nitrogen and oxygen atoms in total. The number of ether oxygens (including phenoxy) is 3. The van der Waals surface area contributed by atoms with Crippen molar-refractivity contribution in [2.45, 2.75) is 13.5 Å². The number of aryl methyl sites for hydroxylation is 1. The first-order valence-electron chi connectivity index (χ1n) is 9.88. The molecule has 4 rings (SSSR count). The van der Waals surface area contributed by atoms with Gasteiger partial charge >= 0.3 is 0 Å². The number of carbonyl (C=O) groups excluding carboxylic acids is 1. The molecule has 2 aromatic rings. The van der Waals surface area contributed by atoms with Crippen molar-refractivity contribution in [3.05, 3.63) is 47.5 Å². The van der Waals surface area contributed by atoms with Gasteiger partial charge in [-0.05, 0) is 42.3 Å². The molecule has 2 aliphatic heterocycles. The first-order chi connectivity index (χ1) is 14.1. The highest BCUT2D eigenvalue weighted by Gasteiger charge is 2.21. The van der Waals surface area contributed by atoms with Gasteiger partial charge in [-0.1, -0.05) is 12.1 Å². The number of amides is 1. The van der Waals surface area contributed by atoms with Crippen molar-refractivity contribution in [1.82, 2.24) is 9.80 Å². The summed E-state index contributed by atoms with van der Waals surface area (Å²) in [4.78, 5) is 17.1. The van der Waals surface area contributed by atoms with Gasteiger partial charge in [0, 0.05) is 32.7 Å². The molecule has 0 spiro atoms. The zero-order valence-corrected chi connectivity index (χ0v) is 16.9. The van der Waals surface area contributed by atoms with Crippen LogP contribution < -0.4 is 19.5 Å². The third-order valence-electron chi connectivity index (χ3n) is 5.30. The molecule has 0 atom stereocenters. The number of carbonyl (C=O) groups is 1. The van der Waals surface area contributed by atoms with Crippen LogP contribution in [0.25, 0.3) is 0 Å². The molecular formula is C22H27N3O4. The molecule has 0 unspecified atom stereocenters. The number of benzene rings is 2. The minimum atomic E-state index is -0.0156. The summed E-state index contributed by atoms with van der Waals surface area (Å²) in [5.41, 5.74) is 3.02. The molecule has 0 saturated carbocycles. The average molecular weight is 397 g/mol. The maximum Gasteiger partial charge on any atom is 0.238 e. The van der Waals surface area contributed by atoms with E-state index in [9.17, 15) is 4.79 Å². The zero-order chi connectivity index (χ0) is 20.2.